The van der Waals surface area contributed by atoms with Crippen LogP contribution in [0.4, 0.5) is 0 Å². The molecule has 0 amide bonds. The molecule has 69 valence electrons. The van der Waals surface area contributed by atoms with Gasteiger partial charge in [0.2, 0.25) is 0 Å². The fraction of sp³-hybridized carbons (Fsp3) is 0. The summed E-state index contributed by atoms with van der Waals surface area (Å²) in [5, 5.41) is 2.32. The van der Waals surface area contributed by atoms with Crippen LogP contribution in [-0.2, 0) is 0 Å². The van der Waals surface area contributed by atoms with Crippen LogP contribution >= 0.6 is 0 Å². The minimum Gasteiger partial charge on any atom is -0.275 e. The fourth-order valence-electron chi connectivity index (χ4n) is 1.65. The molecule has 2 aromatic carbocycles. The molecule has 0 saturated heterocycles. The Bertz CT molecular complexity index is 499. The number of hydrogen-bond donors (Lipinski definition) is 0. The molecule has 0 aliphatic rings. The van der Waals surface area contributed by atoms with Gasteiger partial charge in [0.25, 0.3) is 0 Å². The van der Waals surface area contributed by atoms with Crippen molar-refractivity contribution in [3.63, 3.8) is 0 Å². The third-order valence-corrected chi connectivity index (χ3v) is 2.35. The van der Waals surface area contributed by atoms with Crippen molar-refractivity contribution in [2.75, 3.05) is 0 Å². The minimum absolute atomic E-state index is 0. The zero-order valence-corrected chi connectivity index (χ0v) is 11.8. The summed E-state index contributed by atoms with van der Waals surface area (Å²) in [4.78, 5) is 4.52. The summed E-state index contributed by atoms with van der Waals surface area (Å²) in [6, 6.07) is 19.4. The first kappa shape index (κ1) is 11.0. The molecule has 0 N–H and O–H groups in total. The molecule has 0 fully saturated rings. The van der Waals surface area contributed by atoms with Gasteiger partial charge in [0.1, 0.15) is 0 Å². The van der Waals surface area contributed by atoms with Gasteiger partial charge in [0.05, 0.1) is 5.52 Å². The molecule has 1 nitrogen and oxygen atoms in total. The largest absolute Gasteiger partial charge is 0.275 e. The van der Waals surface area contributed by atoms with Gasteiger partial charge in [0.15, 0.2) is 0 Å². The number of aromatic nitrogens is 1. The number of fused-ring (bicyclic) bond motifs is 2. The van der Waals surface area contributed by atoms with Crippen molar-refractivity contribution in [3.05, 3.63) is 54.6 Å². The topological polar surface area (TPSA) is 12.9 Å². The summed E-state index contributed by atoms with van der Waals surface area (Å²) >= 11 is 0. The van der Waals surface area contributed by atoms with Gasteiger partial charge in [-0.15, -0.1) is 5.39 Å². The molecule has 15 heavy (non-hydrogen) atoms. The first-order valence-corrected chi connectivity index (χ1v) is 4.60. The van der Waals surface area contributed by atoms with Crippen molar-refractivity contribution in [1.29, 1.82) is 0 Å². The van der Waals surface area contributed by atoms with E-state index in [-0.39, 0.29) is 41.3 Å². The number of benzene rings is 2. The van der Waals surface area contributed by atoms with E-state index in [1.165, 1.54) is 5.39 Å². The molecule has 0 unspecified atom stereocenters. The molecule has 1 radical (unpaired) electrons. The Morgan fingerprint density at radius 2 is 1.73 bits per heavy atom. The maximum atomic E-state index is 4.52. The Morgan fingerprint density at radius 3 is 2.67 bits per heavy atom. The number of nitrogens with zero attached hydrogens (tertiary/aromatic N) is 1. The van der Waals surface area contributed by atoms with Gasteiger partial charge < -0.3 is 0 Å². The molecule has 1 aromatic heterocycles. The van der Waals surface area contributed by atoms with Gasteiger partial charge in [-0.2, -0.15) is 24.3 Å². The molecule has 0 aliphatic carbocycles. The predicted octanol–water partition coefficient (Wildman–Crippen LogP) is 3.19. The normalized spacial score (nSPS) is 10.1. The zero-order valence-electron chi connectivity index (χ0n) is 8.14. The van der Waals surface area contributed by atoms with Gasteiger partial charge in [-0.1, -0.05) is 24.3 Å². The van der Waals surface area contributed by atoms with E-state index >= 15 is 0 Å². The summed E-state index contributed by atoms with van der Waals surface area (Å²) in [7, 11) is 0. The Balaban J connectivity index is 0.000000853. The van der Waals surface area contributed by atoms with Gasteiger partial charge in [-0.25, -0.2) is 0 Å². The van der Waals surface area contributed by atoms with E-state index in [4.69, 9.17) is 0 Å². The SMILES string of the molecule is [Pr].[c-]1cccc2cc3ccccc3nc12. The molecular weight excluding hydrogens is 311 g/mol. The summed E-state index contributed by atoms with van der Waals surface area (Å²) in [6.45, 7) is 0. The van der Waals surface area contributed by atoms with Crippen molar-refractivity contribution < 1.29 is 41.3 Å². The van der Waals surface area contributed by atoms with E-state index in [0.717, 1.165) is 16.4 Å². The number of para-hydroxylation sites is 2. The van der Waals surface area contributed by atoms with Gasteiger partial charge in [-0.3, -0.25) is 4.98 Å². The Labute approximate surface area is 121 Å². The number of rotatable bonds is 0. The monoisotopic (exact) mass is 319 g/mol. The number of hydrogen-bond acceptors (Lipinski definition) is 1. The van der Waals surface area contributed by atoms with E-state index in [0.29, 0.717) is 0 Å². The van der Waals surface area contributed by atoms with Crippen molar-refractivity contribution in [3.8, 4) is 0 Å². The minimum atomic E-state index is 0. The van der Waals surface area contributed by atoms with Crippen LogP contribution in [0.3, 0.4) is 0 Å². The average Bonchev–Trinajstić information content (AvgIpc) is 2.26. The van der Waals surface area contributed by atoms with Gasteiger partial charge in [0, 0.05) is 41.3 Å². The molecule has 1 heterocycles. The van der Waals surface area contributed by atoms with Crippen LogP contribution in [0.25, 0.3) is 21.8 Å². The smallest absolute Gasteiger partial charge is 0.0673 e. The predicted molar refractivity (Wildman–Crippen MR) is 58.1 cm³/mol. The average molecular weight is 319 g/mol. The molecule has 2 heteroatoms. The van der Waals surface area contributed by atoms with Gasteiger partial charge in [-0.05, 0) is 17.0 Å². The Hall–Kier alpha value is -0.526. The van der Waals surface area contributed by atoms with E-state index < -0.39 is 0 Å². The fourth-order valence-corrected chi connectivity index (χ4v) is 1.65. The van der Waals surface area contributed by atoms with Crippen LogP contribution in [0.2, 0.25) is 0 Å². The third kappa shape index (κ3) is 2.04. The van der Waals surface area contributed by atoms with E-state index in [1.807, 2.05) is 30.3 Å². The van der Waals surface area contributed by atoms with E-state index in [9.17, 15) is 0 Å². The molecule has 0 aliphatic heterocycles. The van der Waals surface area contributed by atoms with Crippen LogP contribution in [-0.4, -0.2) is 4.98 Å². The summed E-state index contributed by atoms with van der Waals surface area (Å²) < 4.78 is 0. The molecular formula is C13H8NPr-. The molecule has 0 spiro atoms. The second-order valence-electron chi connectivity index (χ2n) is 3.29. The van der Waals surface area contributed by atoms with Crippen molar-refractivity contribution in [2.24, 2.45) is 0 Å². The van der Waals surface area contributed by atoms with E-state index in [2.05, 4.69) is 29.2 Å². The van der Waals surface area contributed by atoms with Crippen molar-refractivity contribution in [2.45, 2.75) is 0 Å². The van der Waals surface area contributed by atoms with E-state index in [1.54, 1.807) is 0 Å². The maximum Gasteiger partial charge on any atom is 0.0673 e. The van der Waals surface area contributed by atoms with Crippen LogP contribution in [0, 0.1) is 47.4 Å². The van der Waals surface area contributed by atoms with Gasteiger partial charge >= 0.3 is 0 Å². The standard InChI is InChI=1S/C13H8N.Pr/c1-3-7-12-10(5-1)9-11-6-2-4-8-13(11)14-12;/h1-7,9H;/q-1;. The molecule has 3 aromatic rings. The Morgan fingerprint density at radius 1 is 0.933 bits per heavy atom. The van der Waals surface area contributed by atoms with Crippen LogP contribution in [0.1, 0.15) is 0 Å². The van der Waals surface area contributed by atoms with Crippen LogP contribution < -0.4 is 0 Å². The first-order valence-electron chi connectivity index (χ1n) is 4.60. The summed E-state index contributed by atoms with van der Waals surface area (Å²) in [5.41, 5.74) is 1.97. The van der Waals surface area contributed by atoms with Crippen LogP contribution in [0.15, 0.2) is 48.5 Å². The maximum absolute atomic E-state index is 4.52. The Kier molecular flexibility index (Phi) is 3.33. The summed E-state index contributed by atoms with van der Waals surface area (Å²) in [6.07, 6.45) is 0. The second-order valence-corrected chi connectivity index (χ2v) is 3.29. The first-order chi connectivity index (χ1) is 6.93. The van der Waals surface area contributed by atoms with Crippen molar-refractivity contribution >= 4 is 21.8 Å². The molecule has 0 saturated carbocycles. The third-order valence-electron chi connectivity index (χ3n) is 2.35. The molecule has 0 bridgehead atoms. The quantitative estimate of drug-likeness (QED) is 0.458. The van der Waals surface area contributed by atoms with Crippen LogP contribution in [0.5, 0.6) is 0 Å². The summed E-state index contributed by atoms with van der Waals surface area (Å²) in [5.74, 6) is 0. The van der Waals surface area contributed by atoms with Crippen molar-refractivity contribution in [1.82, 2.24) is 4.98 Å². The molecule has 0 atom stereocenters. The number of pyridine rings is 1. The second kappa shape index (κ2) is 4.55. The molecule has 3 rings (SSSR count). The zero-order chi connectivity index (χ0) is 9.38.